The van der Waals surface area contributed by atoms with Crippen molar-refractivity contribution >= 4 is 33.8 Å². The van der Waals surface area contributed by atoms with E-state index in [1.807, 2.05) is 29.2 Å². The van der Waals surface area contributed by atoms with Crippen LogP contribution in [0, 0.1) is 0 Å². The number of hydrogen-bond acceptors (Lipinski definition) is 6. The summed E-state index contributed by atoms with van der Waals surface area (Å²) in [6.45, 7) is 3.00. The molecule has 0 bridgehead atoms. The number of nitrogens with zero attached hydrogens (tertiary/aromatic N) is 5. The van der Waals surface area contributed by atoms with E-state index in [9.17, 15) is 4.79 Å². The zero-order valence-electron chi connectivity index (χ0n) is 18.6. The zero-order chi connectivity index (χ0) is 22.4. The van der Waals surface area contributed by atoms with Gasteiger partial charge in [0.2, 0.25) is 0 Å². The monoisotopic (exact) mass is 438 g/mol. The Hall–Kier alpha value is -3.71. The van der Waals surface area contributed by atoms with Crippen molar-refractivity contribution in [1.29, 1.82) is 0 Å². The normalized spacial score (nSPS) is 17.9. The third-order valence-corrected chi connectivity index (χ3v) is 6.87. The highest BCUT2D eigenvalue weighted by Crippen LogP contribution is 2.37. The van der Waals surface area contributed by atoms with Crippen molar-refractivity contribution in [2.24, 2.45) is 4.99 Å². The first-order chi connectivity index (χ1) is 16.2. The van der Waals surface area contributed by atoms with Gasteiger partial charge in [0, 0.05) is 37.6 Å². The molecule has 0 radical (unpaired) electrons. The maximum absolute atomic E-state index is 12.3. The first kappa shape index (κ1) is 19.9. The van der Waals surface area contributed by atoms with Gasteiger partial charge in [0.15, 0.2) is 5.82 Å². The second kappa shape index (κ2) is 8.01. The van der Waals surface area contributed by atoms with E-state index in [0.29, 0.717) is 11.4 Å². The minimum Gasteiger partial charge on any atom is -0.371 e. The third-order valence-electron chi connectivity index (χ3n) is 6.87. The van der Waals surface area contributed by atoms with Gasteiger partial charge in [0.1, 0.15) is 5.84 Å². The van der Waals surface area contributed by atoms with Crippen LogP contribution in [0.3, 0.4) is 0 Å². The molecule has 1 N–H and O–H groups in total. The van der Waals surface area contributed by atoms with Crippen molar-refractivity contribution in [3.63, 3.8) is 0 Å². The molecular formula is C26H26N6O. The molecule has 0 saturated carbocycles. The number of rotatable bonds is 4. The topological polar surface area (TPSA) is 67.8 Å². The summed E-state index contributed by atoms with van der Waals surface area (Å²) >= 11 is 0. The molecule has 3 aromatic rings. The average Bonchev–Trinajstić information content (AvgIpc) is 2.86. The Bertz CT molecular complexity index is 1350. The van der Waals surface area contributed by atoms with Crippen molar-refractivity contribution in [2.45, 2.75) is 18.9 Å². The molecule has 0 amide bonds. The van der Waals surface area contributed by atoms with E-state index in [1.54, 1.807) is 0 Å². The molecule has 7 heteroatoms. The number of amidine groups is 1. The first-order valence-electron chi connectivity index (χ1n) is 11.5. The quantitative estimate of drug-likeness (QED) is 0.671. The average molecular weight is 439 g/mol. The Labute approximate surface area is 192 Å². The van der Waals surface area contributed by atoms with Gasteiger partial charge in [-0.1, -0.05) is 30.3 Å². The van der Waals surface area contributed by atoms with Crippen molar-refractivity contribution < 1.29 is 0 Å². The number of hydrogen-bond donors (Lipinski definition) is 1. The van der Waals surface area contributed by atoms with Crippen LogP contribution in [0.15, 0.2) is 82.2 Å². The summed E-state index contributed by atoms with van der Waals surface area (Å²) < 4.78 is 0. The molecule has 2 aromatic carbocycles. The van der Waals surface area contributed by atoms with Crippen molar-refractivity contribution in [1.82, 2.24) is 15.1 Å². The second-order valence-corrected chi connectivity index (χ2v) is 8.92. The van der Waals surface area contributed by atoms with Crippen LogP contribution in [0.1, 0.15) is 12.8 Å². The third kappa shape index (κ3) is 3.54. The van der Waals surface area contributed by atoms with Crippen molar-refractivity contribution in [3.8, 4) is 0 Å². The lowest BCUT2D eigenvalue weighted by Gasteiger charge is -2.38. The molecular weight excluding hydrogens is 412 g/mol. The molecule has 3 aliphatic heterocycles. The summed E-state index contributed by atoms with van der Waals surface area (Å²) in [5.74, 6) is 1.54. The van der Waals surface area contributed by atoms with Gasteiger partial charge in [0.25, 0.3) is 5.56 Å². The Balaban J connectivity index is 1.19. The predicted octanol–water partition coefficient (Wildman–Crippen LogP) is 3.83. The molecule has 166 valence electrons. The number of aromatic amines is 1. The van der Waals surface area contributed by atoms with Crippen LogP contribution in [0.5, 0.6) is 0 Å². The van der Waals surface area contributed by atoms with Gasteiger partial charge in [-0.15, -0.1) is 0 Å². The zero-order valence-corrected chi connectivity index (χ0v) is 18.6. The fourth-order valence-electron chi connectivity index (χ4n) is 5.09. The Morgan fingerprint density at radius 1 is 1.06 bits per heavy atom. The summed E-state index contributed by atoms with van der Waals surface area (Å²) in [5, 5.41) is 8.44. The van der Waals surface area contributed by atoms with Crippen LogP contribution >= 0.6 is 0 Å². The van der Waals surface area contributed by atoms with Crippen LogP contribution < -0.4 is 15.4 Å². The summed E-state index contributed by atoms with van der Waals surface area (Å²) in [6.07, 6.45) is 8.57. The number of H-pyrrole nitrogens is 1. The highest BCUT2D eigenvalue weighted by molar-refractivity contribution is 6.18. The number of piperidine rings is 1. The molecule has 1 aromatic heterocycles. The number of aromatic nitrogens is 2. The van der Waals surface area contributed by atoms with Crippen molar-refractivity contribution in [2.75, 3.05) is 36.5 Å². The van der Waals surface area contributed by atoms with E-state index in [1.165, 1.54) is 11.3 Å². The summed E-state index contributed by atoms with van der Waals surface area (Å²) in [5.41, 5.74) is 3.11. The Kier molecular flexibility index (Phi) is 4.84. The molecule has 1 saturated heterocycles. The molecule has 0 atom stereocenters. The number of anilines is 2. The molecule has 3 aliphatic rings. The highest BCUT2D eigenvalue weighted by Gasteiger charge is 2.27. The van der Waals surface area contributed by atoms with Gasteiger partial charge in [0.05, 0.1) is 16.5 Å². The minimum absolute atomic E-state index is 0.187. The molecule has 0 unspecified atom stereocenters. The van der Waals surface area contributed by atoms with E-state index < -0.39 is 0 Å². The number of aliphatic imine (C=N–C) groups is 1. The molecule has 6 rings (SSSR count). The molecule has 0 aliphatic carbocycles. The van der Waals surface area contributed by atoms with Crippen LogP contribution in [-0.2, 0) is 0 Å². The predicted molar refractivity (Wildman–Crippen MR) is 133 cm³/mol. The second-order valence-electron chi connectivity index (χ2n) is 8.92. The lowest BCUT2D eigenvalue weighted by molar-refractivity contribution is 0.224. The maximum Gasteiger partial charge on any atom is 0.272 e. The largest absolute Gasteiger partial charge is 0.371 e. The van der Waals surface area contributed by atoms with Gasteiger partial charge in [-0.2, -0.15) is 5.10 Å². The van der Waals surface area contributed by atoms with Gasteiger partial charge in [-0.25, -0.2) is 10.1 Å². The Morgan fingerprint density at radius 3 is 2.70 bits per heavy atom. The molecule has 0 spiro atoms. The van der Waals surface area contributed by atoms with Crippen LogP contribution in [-0.4, -0.2) is 53.7 Å². The molecule has 7 nitrogen and oxygen atoms in total. The van der Waals surface area contributed by atoms with Crippen molar-refractivity contribution in [3.05, 3.63) is 82.8 Å². The lowest BCUT2D eigenvalue weighted by Crippen LogP contribution is -2.44. The molecule has 1 fully saturated rings. The number of nitrogens with one attached hydrogen (secondary N) is 1. The van der Waals surface area contributed by atoms with Crippen LogP contribution in [0.2, 0.25) is 0 Å². The maximum atomic E-state index is 12.3. The van der Waals surface area contributed by atoms with Gasteiger partial charge < -0.3 is 4.90 Å². The standard InChI is InChI=1S/C26H26N6O/c1-30(19-12-14-31(15-13-19)20-6-3-2-4-7-20)16-18-10-11-23-27-22-9-5-8-21-24(22)25(32(23)17-18)28-29-26(21)33/h2-11,17,19H,12-16H2,1H3,(H,29,33). The molecule has 33 heavy (non-hydrogen) atoms. The van der Waals surface area contributed by atoms with Gasteiger partial charge in [-0.05, 0) is 55.8 Å². The first-order valence-corrected chi connectivity index (χ1v) is 11.5. The van der Waals surface area contributed by atoms with E-state index in [2.05, 4.69) is 69.7 Å². The highest BCUT2D eigenvalue weighted by atomic mass is 16.1. The summed E-state index contributed by atoms with van der Waals surface area (Å²) in [6, 6.07) is 16.8. The van der Waals surface area contributed by atoms with Crippen LogP contribution in [0.4, 0.5) is 17.2 Å². The van der Waals surface area contributed by atoms with E-state index in [-0.39, 0.29) is 5.56 Å². The lowest BCUT2D eigenvalue weighted by atomic mass is 10.0. The Morgan fingerprint density at radius 2 is 1.88 bits per heavy atom. The van der Waals surface area contributed by atoms with Crippen LogP contribution in [0.25, 0.3) is 10.8 Å². The smallest absolute Gasteiger partial charge is 0.272 e. The number of benzene rings is 2. The van der Waals surface area contributed by atoms with E-state index in [4.69, 9.17) is 4.99 Å². The number of likely N-dealkylation sites (N-methyl/N-ethyl adjacent to an activating group) is 1. The fourth-order valence-corrected chi connectivity index (χ4v) is 5.09. The number of para-hydroxylation sites is 1. The van der Waals surface area contributed by atoms with Gasteiger partial charge in [-0.3, -0.25) is 14.6 Å². The summed E-state index contributed by atoms with van der Waals surface area (Å²) in [4.78, 5) is 23.9. The number of fused-ring (bicyclic) bond motifs is 2. The molecule has 4 heterocycles. The van der Waals surface area contributed by atoms with E-state index >= 15 is 0 Å². The van der Waals surface area contributed by atoms with Gasteiger partial charge >= 0.3 is 0 Å². The minimum atomic E-state index is -0.187. The fraction of sp³-hybridized carbons (Fsp3) is 0.269. The SMILES string of the molecule is CN(CC1=CN2C(=Nc3cccc4c(=O)[nH]nc2c34)C=C1)C1CCN(c2ccccc2)CC1. The summed E-state index contributed by atoms with van der Waals surface area (Å²) in [7, 11) is 2.21. The van der Waals surface area contributed by atoms with E-state index in [0.717, 1.165) is 55.2 Å².